The zero-order chi connectivity index (χ0) is 16.8. The molecule has 0 saturated heterocycles. The van der Waals surface area contributed by atoms with E-state index in [1.807, 2.05) is 0 Å². The fourth-order valence-electron chi connectivity index (χ4n) is 1.84. The van der Waals surface area contributed by atoms with Crippen LogP contribution in [-0.2, 0) is 0 Å². The number of halogens is 2. The van der Waals surface area contributed by atoms with Crippen molar-refractivity contribution in [2.24, 2.45) is 0 Å². The number of carbonyl (C=O) groups is 2. The van der Waals surface area contributed by atoms with Gasteiger partial charge in [-0.1, -0.05) is 0 Å². The molecule has 0 aromatic carbocycles. The van der Waals surface area contributed by atoms with Crippen LogP contribution in [0.1, 0.15) is 20.7 Å². The van der Waals surface area contributed by atoms with Gasteiger partial charge in [0, 0.05) is 43.7 Å². The van der Waals surface area contributed by atoms with Crippen LogP contribution in [0.15, 0.2) is 45.9 Å². The lowest BCUT2D eigenvalue weighted by Crippen LogP contribution is -2.36. The van der Waals surface area contributed by atoms with Crippen LogP contribution < -0.4 is 5.32 Å². The van der Waals surface area contributed by atoms with Gasteiger partial charge < -0.3 is 10.2 Å². The van der Waals surface area contributed by atoms with Gasteiger partial charge in [0.15, 0.2) is 0 Å². The maximum Gasteiger partial charge on any atom is 0.253 e. The highest BCUT2D eigenvalue weighted by atomic mass is 79.9. The third kappa shape index (κ3) is 5.11. The summed E-state index contributed by atoms with van der Waals surface area (Å²) in [6, 6.07) is 6.57. The van der Waals surface area contributed by atoms with Gasteiger partial charge in [-0.15, -0.1) is 0 Å². The zero-order valence-electron chi connectivity index (χ0n) is 12.3. The number of pyridine rings is 2. The van der Waals surface area contributed by atoms with Crippen molar-refractivity contribution in [3.8, 4) is 0 Å². The highest BCUT2D eigenvalue weighted by molar-refractivity contribution is 9.10. The number of nitrogens with zero attached hydrogens (tertiary/aromatic N) is 3. The molecule has 8 heteroatoms. The van der Waals surface area contributed by atoms with E-state index in [2.05, 4.69) is 47.1 Å². The smallest absolute Gasteiger partial charge is 0.253 e. The first-order valence-electron chi connectivity index (χ1n) is 6.74. The van der Waals surface area contributed by atoms with Gasteiger partial charge >= 0.3 is 0 Å². The summed E-state index contributed by atoms with van der Waals surface area (Å²) in [7, 11) is 1.69. The zero-order valence-corrected chi connectivity index (χ0v) is 15.5. The van der Waals surface area contributed by atoms with E-state index in [0.717, 1.165) is 0 Å². The summed E-state index contributed by atoms with van der Waals surface area (Å²) in [6.07, 6.45) is 3.12. The van der Waals surface area contributed by atoms with Crippen molar-refractivity contribution in [1.29, 1.82) is 0 Å². The molecule has 0 saturated carbocycles. The highest BCUT2D eigenvalue weighted by Gasteiger charge is 2.12. The third-order valence-corrected chi connectivity index (χ3v) is 3.91. The molecule has 0 aliphatic heterocycles. The SMILES string of the molecule is CN(CCNC(=O)c1ccnc(Br)c1)C(=O)c1ccnc(Br)c1. The monoisotopic (exact) mass is 440 g/mol. The van der Waals surface area contributed by atoms with E-state index in [-0.39, 0.29) is 11.8 Å². The van der Waals surface area contributed by atoms with Crippen LogP contribution in [-0.4, -0.2) is 46.8 Å². The van der Waals surface area contributed by atoms with Gasteiger partial charge in [-0.05, 0) is 56.1 Å². The Labute approximate surface area is 150 Å². The molecule has 0 aliphatic carbocycles. The van der Waals surface area contributed by atoms with Gasteiger partial charge in [-0.3, -0.25) is 9.59 Å². The van der Waals surface area contributed by atoms with Crippen molar-refractivity contribution in [2.75, 3.05) is 20.1 Å². The predicted molar refractivity (Wildman–Crippen MR) is 93.2 cm³/mol. The van der Waals surface area contributed by atoms with Crippen LogP contribution in [0.25, 0.3) is 0 Å². The van der Waals surface area contributed by atoms with Crippen LogP contribution >= 0.6 is 31.9 Å². The van der Waals surface area contributed by atoms with Gasteiger partial charge in [0.25, 0.3) is 11.8 Å². The topological polar surface area (TPSA) is 75.2 Å². The van der Waals surface area contributed by atoms with Crippen LogP contribution in [0.3, 0.4) is 0 Å². The molecule has 6 nitrogen and oxygen atoms in total. The van der Waals surface area contributed by atoms with Crippen molar-refractivity contribution in [1.82, 2.24) is 20.2 Å². The van der Waals surface area contributed by atoms with Crippen LogP contribution in [0.5, 0.6) is 0 Å². The minimum absolute atomic E-state index is 0.131. The molecule has 2 heterocycles. The standard InChI is InChI=1S/C15H14Br2N4O2/c1-21(15(23)11-3-5-19-13(17)9-11)7-6-20-14(22)10-2-4-18-12(16)8-10/h2-5,8-9H,6-7H2,1H3,(H,20,22). The minimum Gasteiger partial charge on any atom is -0.350 e. The lowest BCUT2D eigenvalue weighted by Gasteiger charge is -2.17. The second-order valence-corrected chi connectivity index (χ2v) is 6.34. The van der Waals surface area contributed by atoms with E-state index in [0.29, 0.717) is 33.4 Å². The molecule has 0 bridgehead atoms. The van der Waals surface area contributed by atoms with Crippen molar-refractivity contribution >= 4 is 43.7 Å². The minimum atomic E-state index is -0.208. The van der Waals surface area contributed by atoms with E-state index in [4.69, 9.17) is 0 Å². The Balaban J connectivity index is 1.86. The number of amides is 2. The number of nitrogens with one attached hydrogen (secondary N) is 1. The summed E-state index contributed by atoms with van der Waals surface area (Å²) in [5.74, 6) is -0.338. The fraction of sp³-hybridized carbons (Fsp3) is 0.200. The Bertz CT molecular complexity index is 724. The average Bonchev–Trinajstić information content (AvgIpc) is 2.54. The first-order valence-corrected chi connectivity index (χ1v) is 8.33. The predicted octanol–water partition coefficient (Wildman–Crippen LogP) is 2.50. The average molecular weight is 442 g/mol. The molecule has 2 aromatic heterocycles. The van der Waals surface area contributed by atoms with E-state index < -0.39 is 0 Å². The molecule has 0 radical (unpaired) electrons. The first kappa shape index (κ1) is 17.6. The van der Waals surface area contributed by atoms with E-state index in [1.54, 1.807) is 48.6 Å². The van der Waals surface area contributed by atoms with Gasteiger partial charge in [0.1, 0.15) is 9.21 Å². The third-order valence-electron chi connectivity index (χ3n) is 3.04. The lowest BCUT2D eigenvalue weighted by atomic mass is 10.2. The summed E-state index contributed by atoms with van der Waals surface area (Å²) in [5, 5.41) is 2.77. The summed E-state index contributed by atoms with van der Waals surface area (Å²) in [6.45, 7) is 0.754. The first-order chi connectivity index (χ1) is 11.0. The highest BCUT2D eigenvalue weighted by Crippen LogP contribution is 2.10. The number of aromatic nitrogens is 2. The normalized spacial score (nSPS) is 10.2. The fourth-order valence-corrected chi connectivity index (χ4v) is 2.57. The van der Waals surface area contributed by atoms with Crippen molar-refractivity contribution in [3.63, 3.8) is 0 Å². The maximum absolute atomic E-state index is 12.2. The molecular weight excluding hydrogens is 428 g/mol. The molecule has 2 rings (SSSR count). The maximum atomic E-state index is 12.2. The Kier molecular flexibility index (Phi) is 6.23. The van der Waals surface area contributed by atoms with Crippen molar-refractivity contribution in [2.45, 2.75) is 0 Å². The van der Waals surface area contributed by atoms with Gasteiger partial charge in [0.05, 0.1) is 0 Å². The number of hydrogen-bond donors (Lipinski definition) is 1. The number of carbonyl (C=O) groups excluding carboxylic acids is 2. The van der Waals surface area contributed by atoms with Crippen molar-refractivity contribution in [3.05, 3.63) is 57.0 Å². The second kappa shape index (κ2) is 8.16. The Morgan fingerprint density at radius 3 is 2.26 bits per heavy atom. The summed E-state index contributed by atoms with van der Waals surface area (Å²) in [4.78, 5) is 33.7. The molecule has 0 unspecified atom stereocenters. The quantitative estimate of drug-likeness (QED) is 0.723. The summed E-state index contributed by atoms with van der Waals surface area (Å²) < 4.78 is 1.20. The van der Waals surface area contributed by atoms with Gasteiger partial charge in [0.2, 0.25) is 0 Å². The number of hydrogen-bond acceptors (Lipinski definition) is 4. The molecule has 120 valence electrons. The molecule has 23 heavy (non-hydrogen) atoms. The van der Waals surface area contributed by atoms with Crippen LogP contribution in [0, 0.1) is 0 Å². The van der Waals surface area contributed by atoms with Gasteiger partial charge in [-0.2, -0.15) is 0 Å². The Morgan fingerprint density at radius 1 is 1.09 bits per heavy atom. The molecule has 1 N–H and O–H groups in total. The number of likely N-dealkylation sites (N-methyl/N-ethyl adjacent to an activating group) is 1. The lowest BCUT2D eigenvalue weighted by molar-refractivity contribution is 0.0787. The van der Waals surface area contributed by atoms with Crippen molar-refractivity contribution < 1.29 is 9.59 Å². The molecule has 0 spiro atoms. The molecule has 2 amide bonds. The van der Waals surface area contributed by atoms with Crippen LogP contribution in [0.4, 0.5) is 0 Å². The molecule has 0 fully saturated rings. The van der Waals surface area contributed by atoms with Gasteiger partial charge in [-0.25, -0.2) is 9.97 Å². The summed E-state index contributed by atoms with van der Waals surface area (Å²) in [5.41, 5.74) is 1.05. The molecule has 2 aromatic rings. The van der Waals surface area contributed by atoms with E-state index >= 15 is 0 Å². The van der Waals surface area contributed by atoms with E-state index in [1.165, 1.54) is 0 Å². The van der Waals surface area contributed by atoms with E-state index in [9.17, 15) is 9.59 Å². The largest absolute Gasteiger partial charge is 0.350 e. The molecular formula is C15H14Br2N4O2. The number of rotatable bonds is 5. The Hall–Kier alpha value is -1.80. The summed E-state index contributed by atoms with van der Waals surface area (Å²) >= 11 is 6.45. The van der Waals surface area contributed by atoms with Crippen LogP contribution in [0.2, 0.25) is 0 Å². The Morgan fingerprint density at radius 2 is 1.65 bits per heavy atom. The molecule has 0 aliphatic rings. The second-order valence-electron chi connectivity index (χ2n) is 4.72. The molecule has 0 atom stereocenters.